The first-order valence-corrected chi connectivity index (χ1v) is 8.81. The van der Waals surface area contributed by atoms with Gasteiger partial charge in [-0.15, -0.1) is 11.8 Å². The molecule has 0 spiro atoms. The molecular formula is C19H21NS. The highest BCUT2D eigenvalue weighted by atomic mass is 32.2. The monoisotopic (exact) mass is 295 g/mol. The van der Waals surface area contributed by atoms with Gasteiger partial charge in [0.2, 0.25) is 0 Å². The molecule has 1 fully saturated rings. The lowest BCUT2D eigenvalue weighted by Crippen LogP contribution is -2.47. The van der Waals surface area contributed by atoms with Gasteiger partial charge in [0.1, 0.15) is 0 Å². The smallest absolute Gasteiger partial charge is 0.0360 e. The molecule has 1 saturated carbocycles. The van der Waals surface area contributed by atoms with E-state index in [0.717, 1.165) is 11.7 Å². The fourth-order valence-corrected chi connectivity index (χ4v) is 4.82. The van der Waals surface area contributed by atoms with Gasteiger partial charge in [0.25, 0.3) is 0 Å². The fourth-order valence-electron chi connectivity index (χ4n) is 3.60. The van der Waals surface area contributed by atoms with E-state index in [0.29, 0.717) is 12.1 Å². The number of thioether (sulfide) groups is 1. The maximum Gasteiger partial charge on any atom is 0.0360 e. The highest BCUT2D eigenvalue weighted by molar-refractivity contribution is 8.00. The first-order chi connectivity index (χ1) is 10.4. The number of fused-ring (bicyclic) bond motifs is 2. The largest absolute Gasteiger partial charge is 0.303 e. The Labute approximate surface area is 131 Å². The number of allylic oxidation sites excluding steroid dienone is 2. The maximum absolute atomic E-state index is 3.87. The Balaban J connectivity index is 1.47. The van der Waals surface area contributed by atoms with Gasteiger partial charge in [0, 0.05) is 22.2 Å². The summed E-state index contributed by atoms with van der Waals surface area (Å²) in [7, 11) is 0. The molecular weight excluding hydrogens is 274 g/mol. The van der Waals surface area contributed by atoms with Gasteiger partial charge in [0.15, 0.2) is 0 Å². The van der Waals surface area contributed by atoms with Crippen molar-refractivity contribution < 1.29 is 0 Å². The van der Waals surface area contributed by atoms with Crippen molar-refractivity contribution in [2.75, 3.05) is 0 Å². The van der Waals surface area contributed by atoms with Crippen LogP contribution in [0.2, 0.25) is 0 Å². The molecule has 1 aromatic rings. The molecule has 1 aromatic carbocycles. The van der Waals surface area contributed by atoms with Crippen LogP contribution < -0.4 is 5.32 Å². The van der Waals surface area contributed by atoms with Gasteiger partial charge >= 0.3 is 0 Å². The van der Waals surface area contributed by atoms with Gasteiger partial charge in [-0.2, -0.15) is 0 Å². The van der Waals surface area contributed by atoms with Crippen LogP contribution in [0.1, 0.15) is 25.7 Å². The molecule has 0 amide bonds. The molecule has 3 unspecified atom stereocenters. The number of hydrogen-bond acceptors (Lipinski definition) is 2. The number of nitrogens with one attached hydrogen (secondary N) is 1. The molecule has 1 N–H and O–H groups in total. The Morgan fingerprint density at radius 2 is 2.00 bits per heavy atom. The van der Waals surface area contributed by atoms with Crippen LogP contribution in [-0.4, -0.2) is 17.3 Å². The van der Waals surface area contributed by atoms with Crippen LogP contribution in [0.5, 0.6) is 0 Å². The SMILES string of the molecule is C1=CCC2NC3CC(Sc4ccccc4)CCC3=CC2=C1. The summed E-state index contributed by atoms with van der Waals surface area (Å²) >= 11 is 2.05. The second kappa shape index (κ2) is 5.86. The van der Waals surface area contributed by atoms with E-state index in [1.807, 2.05) is 0 Å². The van der Waals surface area contributed by atoms with Crippen molar-refractivity contribution in [3.63, 3.8) is 0 Å². The first-order valence-electron chi connectivity index (χ1n) is 7.93. The Kier molecular flexibility index (Phi) is 3.74. The van der Waals surface area contributed by atoms with Crippen molar-refractivity contribution >= 4 is 11.8 Å². The van der Waals surface area contributed by atoms with E-state index in [-0.39, 0.29) is 0 Å². The standard InChI is InChI=1S/C19H21NS/c1-2-7-16(8-3-1)21-17-11-10-15-12-14-6-4-5-9-18(14)20-19(15)13-17/h1-8,12,17-20H,9-11,13H2. The molecule has 108 valence electrons. The van der Waals surface area contributed by atoms with Crippen LogP contribution in [0, 0.1) is 0 Å². The third-order valence-electron chi connectivity index (χ3n) is 4.70. The second-order valence-corrected chi connectivity index (χ2v) is 7.52. The Morgan fingerprint density at radius 1 is 1.10 bits per heavy atom. The molecule has 2 heteroatoms. The molecule has 2 aliphatic carbocycles. The van der Waals surface area contributed by atoms with Crippen molar-refractivity contribution in [1.29, 1.82) is 0 Å². The maximum atomic E-state index is 3.87. The van der Waals surface area contributed by atoms with Gasteiger partial charge in [-0.1, -0.05) is 48.1 Å². The number of hydrogen-bond donors (Lipinski definition) is 1. The predicted molar refractivity (Wildman–Crippen MR) is 90.6 cm³/mol. The Morgan fingerprint density at radius 3 is 2.90 bits per heavy atom. The highest BCUT2D eigenvalue weighted by Gasteiger charge is 2.32. The van der Waals surface area contributed by atoms with Crippen LogP contribution in [0.3, 0.4) is 0 Å². The Bertz CT molecular complexity index is 599. The molecule has 0 aromatic heterocycles. The molecule has 0 bridgehead atoms. The molecule has 1 nitrogen and oxygen atoms in total. The van der Waals surface area contributed by atoms with Gasteiger partial charge in [-0.3, -0.25) is 0 Å². The second-order valence-electron chi connectivity index (χ2n) is 6.15. The minimum absolute atomic E-state index is 0.546. The zero-order valence-electron chi connectivity index (χ0n) is 12.2. The van der Waals surface area contributed by atoms with Gasteiger partial charge in [-0.05, 0) is 43.4 Å². The summed E-state index contributed by atoms with van der Waals surface area (Å²) in [5, 5.41) is 4.61. The van der Waals surface area contributed by atoms with Crippen LogP contribution >= 0.6 is 11.8 Å². The average molecular weight is 295 g/mol. The van der Waals surface area contributed by atoms with Crippen LogP contribution in [0.4, 0.5) is 0 Å². The number of rotatable bonds is 2. The van der Waals surface area contributed by atoms with Crippen LogP contribution in [0.25, 0.3) is 0 Å². The van der Waals surface area contributed by atoms with Crippen molar-refractivity contribution in [2.24, 2.45) is 0 Å². The molecule has 1 aliphatic heterocycles. The van der Waals surface area contributed by atoms with Crippen LogP contribution in [-0.2, 0) is 0 Å². The van der Waals surface area contributed by atoms with Crippen LogP contribution in [0.15, 0.2) is 70.7 Å². The molecule has 3 aliphatic rings. The summed E-state index contributed by atoms with van der Waals surface area (Å²) in [6.45, 7) is 0. The lowest BCUT2D eigenvalue weighted by molar-refractivity contribution is 0.413. The van der Waals surface area contributed by atoms with Gasteiger partial charge < -0.3 is 5.32 Å². The topological polar surface area (TPSA) is 12.0 Å². The normalized spacial score (nSPS) is 31.0. The molecule has 21 heavy (non-hydrogen) atoms. The minimum Gasteiger partial charge on any atom is -0.303 e. The summed E-state index contributed by atoms with van der Waals surface area (Å²) < 4.78 is 0. The van der Waals surface area contributed by atoms with E-state index >= 15 is 0 Å². The van der Waals surface area contributed by atoms with Gasteiger partial charge in [-0.25, -0.2) is 0 Å². The van der Waals surface area contributed by atoms with E-state index in [1.54, 1.807) is 5.57 Å². The Hall–Kier alpha value is -1.25. The van der Waals surface area contributed by atoms with Crippen molar-refractivity contribution in [2.45, 2.75) is 47.9 Å². The van der Waals surface area contributed by atoms with Crippen molar-refractivity contribution in [1.82, 2.24) is 5.32 Å². The van der Waals surface area contributed by atoms with E-state index in [4.69, 9.17) is 0 Å². The molecule has 4 rings (SSSR count). The zero-order chi connectivity index (χ0) is 14.1. The summed E-state index contributed by atoms with van der Waals surface area (Å²) in [5.41, 5.74) is 3.11. The van der Waals surface area contributed by atoms with E-state index in [2.05, 4.69) is 71.7 Å². The minimum atomic E-state index is 0.546. The summed E-state index contributed by atoms with van der Waals surface area (Å²) in [6, 6.07) is 12.0. The summed E-state index contributed by atoms with van der Waals surface area (Å²) in [6.07, 6.45) is 14.2. The average Bonchev–Trinajstić information content (AvgIpc) is 2.54. The summed E-state index contributed by atoms with van der Waals surface area (Å²) in [5.74, 6) is 0. The third-order valence-corrected chi connectivity index (χ3v) is 6.01. The van der Waals surface area contributed by atoms with Gasteiger partial charge in [0.05, 0.1) is 0 Å². The van der Waals surface area contributed by atoms with Crippen molar-refractivity contribution in [3.8, 4) is 0 Å². The molecule has 3 atom stereocenters. The van der Waals surface area contributed by atoms with E-state index in [9.17, 15) is 0 Å². The fraction of sp³-hybridized carbons (Fsp3) is 0.368. The lowest BCUT2D eigenvalue weighted by Gasteiger charge is -2.39. The lowest BCUT2D eigenvalue weighted by atomic mass is 9.82. The molecule has 0 radical (unpaired) electrons. The van der Waals surface area contributed by atoms with Crippen molar-refractivity contribution in [3.05, 3.63) is 65.8 Å². The third kappa shape index (κ3) is 2.88. The highest BCUT2D eigenvalue weighted by Crippen LogP contribution is 2.38. The molecule has 1 heterocycles. The first kappa shape index (κ1) is 13.4. The molecule has 0 saturated heterocycles. The zero-order valence-corrected chi connectivity index (χ0v) is 13.0. The van der Waals surface area contributed by atoms with E-state index in [1.165, 1.54) is 29.7 Å². The van der Waals surface area contributed by atoms with E-state index < -0.39 is 0 Å². The number of benzene rings is 1. The summed E-state index contributed by atoms with van der Waals surface area (Å²) in [4.78, 5) is 1.41. The quantitative estimate of drug-likeness (QED) is 0.863. The predicted octanol–water partition coefficient (Wildman–Crippen LogP) is 4.48.